The van der Waals surface area contributed by atoms with Gasteiger partial charge in [0.15, 0.2) is 18.0 Å². The van der Waals surface area contributed by atoms with E-state index in [1.165, 1.54) is 6.92 Å². The molecule has 1 aromatic carbocycles. The minimum absolute atomic E-state index is 0.00956. The molecule has 4 rings (SSSR count). The lowest BCUT2D eigenvalue weighted by Gasteiger charge is -2.38. The zero-order chi connectivity index (χ0) is 31.4. The van der Waals surface area contributed by atoms with Crippen molar-refractivity contribution in [1.82, 2.24) is 15.3 Å². The maximum absolute atomic E-state index is 16.4. The van der Waals surface area contributed by atoms with E-state index in [0.717, 1.165) is 36.1 Å². The highest BCUT2D eigenvalue weighted by Crippen LogP contribution is 2.47. The van der Waals surface area contributed by atoms with Gasteiger partial charge < -0.3 is 34.1 Å². The van der Waals surface area contributed by atoms with E-state index < -0.39 is 68.7 Å². The Morgan fingerprint density at radius 3 is 2.74 bits per heavy atom. The van der Waals surface area contributed by atoms with Crippen molar-refractivity contribution in [1.29, 1.82) is 0 Å². The van der Waals surface area contributed by atoms with Crippen LogP contribution in [0.5, 0.6) is 5.75 Å². The van der Waals surface area contributed by atoms with Gasteiger partial charge in [-0.2, -0.15) is 5.09 Å². The quantitative estimate of drug-likeness (QED) is 0.324. The zero-order valence-electron chi connectivity index (χ0n) is 24.6. The van der Waals surface area contributed by atoms with Crippen molar-refractivity contribution >= 4 is 25.6 Å². The average molecular weight is 628 g/mol. The number of cyclic esters (lactones) is 1. The molecule has 3 heterocycles. The van der Waals surface area contributed by atoms with Crippen molar-refractivity contribution < 1.29 is 51.7 Å². The topological polar surface area (TPSA) is 162 Å². The lowest BCUT2D eigenvalue weighted by Crippen LogP contribution is -2.58. The van der Waals surface area contributed by atoms with Gasteiger partial charge in [0, 0.05) is 18.7 Å². The zero-order valence-corrected chi connectivity index (χ0v) is 25.5. The van der Waals surface area contributed by atoms with E-state index in [1.54, 1.807) is 18.2 Å². The lowest BCUT2D eigenvalue weighted by molar-refractivity contribution is -0.161. The van der Waals surface area contributed by atoms with Gasteiger partial charge in [-0.15, -0.1) is 0 Å². The molecule has 7 atom stereocenters. The summed E-state index contributed by atoms with van der Waals surface area (Å²) in [5, 5.41) is 15.2. The molecule has 0 aliphatic carbocycles. The van der Waals surface area contributed by atoms with Crippen molar-refractivity contribution in [2.24, 2.45) is 5.92 Å². The van der Waals surface area contributed by atoms with Crippen LogP contribution >= 0.6 is 7.75 Å². The molecule has 0 aromatic heterocycles. The molecule has 1 amide bonds. The molecular weight excluding hydrogens is 588 g/mol. The first-order valence-electron chi connectivity index (χ1n) is 14.2. The molecule has 3 aliphatic heterocycles. The van der Waals surface area contributed by atoms with Crippen LogP contribution in [0.2, 0.25) is 0 Å². The number of aliphatic hydroxyl groups is 1. The van der Waals surface area contributed by atoms with Crippen molar-refractivity contribution in [3.8, 4) is 5.75 Å². The largest absolute Gasteiger partial charge is 0.465 e. The van der Waals surface area contributed by atoms with Crippen LogP contribution in [-0.2, 0) is 44.1 Å². The number of rotatable bonds is 5. The number of hydrogen-bond donors (Lipinski definition) is 3. The highest BCUT2D eigenvalue weighted by molar-refractivity contribution is 7.52. The minimum Gasteiger partial charge on any atom is -0.465 e. The van der Waals surface area contributed by atoms with Crippen molar-refractivity contribution in [3.63, 3.8) is 0 Å². The Balaban J connectivity index is 1.64. The van der Waals surface area contributed by atoms with Crippen LogP contribution in [0.25, 0.3) is 0 Å². The summed E-state index contributed by atoms with van der Waals surface area (Å²) in [6, 6.07) is 5.79. The highest BCUT2D eigenvalue weighted by Gasteiger charge is 2.60. The number of hydrogen-bond acceptors (Lipinski definition) is 11. The fraction of sp³-hybridized carbons (Fsp3) is 0.607. The number of nitrogens with zero attached hydrogens (tertiary/aromatic N) is 1. The predicted octanol–water partition coefficient (Wildman–Crippen LogP) is 2.68. The molecule has 0 radical (unpaired) electrons. The molecular formula is C28H39FN3O10P. The number of esters is 2. The number of carbonyl (C=O) groups excluding carboxylic acids is 3. The van der Waals surface area contributed by atoms with Gasteiger partial charge in [0.25, 0.3) is 0 Å². The summed E-state index contributed by atoms with van der Waals surface area (Å²) < 4.78 is 58.8. The number of alkyl halides is 1. The van der Waals surface area contributed by atoms with Gasteiger partial charge >= 0.3 is 19.7 Å². The molecule has 13 nitrogen and oxygen atoms in total. The van der Waals surface area contributed by atoms with Crippen LogP contribution in [0, 0.1) is 5.92 Å². The molecule has 0 bridgehead atoms. The van der Waals surface area contributed by atoms with Gasteiger partial charge in [-0.1, -0.05) is 26.0 Å². The molecule has 1 aromatic rings. The smallest absolute Gasteiger partial charge is 0.459 e. The molecule has 15 heteroatoms. The van der Waals surface area contributed by atoms with E-state index in [-0.39, 0.29) is 18.8 Å². The van der Waals surface area contributed by atoms with E-state index >= 15 is 4.39 Å². The average Bonchev–Trinajstić information content (AvgIpc) is 3.15. The van der Waals surface area contributed by atoms with E-state index in [2.05, 4.69) is 24.3 Å². The number of benzene rings is 1. The Morgan fingerprint density at radius 1 is 1.26 bits per heavy atom. The number of amides is 1. The van der Waals surface area contributed by atoms with Crippen molar-refractivity contribution in [2.45, 2.75) is 89.9 Å². The number of aliphatic hydroxyl groups excluding tert-OH is 1. The van der Waals surface area contributed by atoms with Crippen LogP contribution in [0.3, 0.4) is 0 Å². The number of halogens is 1. The molecule has 1 unspecified atom stereocenters. The third-order valence-corrected chi connectivity index (χ3v) is 8.71. The first-order chi connectivity index (χ1) is 20.3. The fourth-order valence-electron chi connectivity index (χ4n) is 5.01. The Labute approximate surface area is 249 Å². The Kier molecular flexibility index (Phi) is 10.5. The van der Waals surface area contributed by atoms with Crippen LogP contribution in [0.15, 0.2) is 36.5 Å². The molecule has 0 spiro atoms. The lowest BCUT2D eigenvalue weighted by atomic mass is 9.97. The second-order valence-corrected chi connectivity index (χ2v) is 13.0. The summed E-state index contributed by atoms with van der Waals surface area (Å²) in [7, 11) is -4.38. The number of ether oxygens (including phenoxy) is 3. The normalized spacial score (nSPS) is 34.4. The van der Waals surface area contributed by atoms with Crippen LogP contribution in [0.1, 0.15) is 52.5 Å². The molecule has 3 aliphatic rings. The van der Waals surface area contributed by atoms with Crippen LogP contribution in [-0.4, -0.2) is 77.6 Å². The first kappa shape index (κ1) is 32.9. The number of carbonyl (C=O) groups is 3. The molecule has 2 saturated heterocycles. The molecule has 2 fully saturated rings. The summed E-state index contributed by atoms with van der Waals surface area (Å²) in [6.45, 7) is 6.05. The second kappa shape index (κ2) is 13.7. The van der Waals surface area contributed by atoms with Crippen molar-refractivity contribution in [3.05, 3.63) is 42.1 Å². The summed E-state index contributed by atoms with van der Waals surface area (Å²) >= 11 is 0. The van der Waals surface area contributed by atoms with E-state index in [1.807, 2.05) is 6.07 Å². The van der Waals surface area contributed by atoms with Gasteiger partial charge in [0.2, 0.25) is 12.3 Å². The first-order valence-corrected chi connectivity index (χ1v) is 15.8. The third kappa shape index (κ3) is 8.33. The number of nitrogens with one attached hydrogen (secondary N) is 2. The second-order valence-electron chi connectivity index (χ2n) is 11.3. The number of fused-ring (bicyclic) bond motifs is 1. The minimum atomic E-state index is -4.38. The standard InChI is InChI=1S/C28H39FN3O10P/c1-17(2)14-19-8-7-9-20(15-19)42-43(37)31-18(3)25(35)38-13-6-5-10-23(34)41-24-21(16-39-43)40-26(28(24,4)29)32-12-11-22(33)30-27(32)36/h7-9,11-12,15,17-18,21,24,26-27,36H,5-6,10,13-14,16H2,1-4H3,(H,30,33)(H,31,37)/t18-,21+,24+,26+,27?,28+,43-/m0/s1. The van der Waals surface area contributed by atoms with Crippen molar-refractivity contribution in [2.75, 3.05) is 13.2 Å². The molecule has 43 heavy (non-hydrogen) atoms. The SMILES string of the molecule is CC(C)Cc1cccc(O[P@]2(=O)N[C@@H](C)C(=O)OCCCCC(=O)O[C@@H]3[C@@H](CO2)O[C@@H](N2C=CC(=O)NC2O)[C@]3(C)F)c1. The van der Waals surface area contributed by atoms with Gasteiger partial charge in [-0.05, 0) is 56.7 Å². The van der Waals surface area contributed by atoms with Gasteiger partial charge in [0.05, 0.1) is 13.2 Å². The predicted molar refractivity (Wildman–Crippen MR) is 150 cm³/mol. The molecule has 3 N–H and O–H groups in total. The Morgan fingerprint density at radius 2 is 2.02 bits per heavy atom. The molecule has 0 saturated carbocycles. The summed E-state index contributed by atoms with van der Waals surface area (Å²) in [6.07, 6.45) is -2.57. The summed E-state index contributed by atoms with van der Waals surface area (Å²) in [5.74, 6) is -1.50. The van der Waals surface area contributed by atoms with Gasteiger partial charge in [0.1, 0.15) is 17.9 Å². The maximum atomic E-state index is 16.4. The van der Waals surface area contributed by atoms with E-state index in [4.69, 9.17) is 23.3 Å². The van der Waals surface area contributed by atoms with Gasteiger partial charge in [-0.3, -0.25) is 18.9 Å². The highest BCUT2D eigenvalue weighted by atomic mass is 31.2. The van der Waals surface area contributed by atoms with E-state index in [0.29, 0.717) is 18.8 Å². The van der Waals surface area contributed by atoms with E-state index in [9.17, 15) is 24.1 Å². The monoisotopic (exact) mass is 627 g/mol. The molecule has 238 valence electrons. The maximum Gasteiger partial charge on any atom is 0.459 e. The van der Waals surface area contributed by atoms with Gasteiger partial charge in [-0.25, -0.2) is 8.96 Å². The Hall–Kier alpha value is -3.03. The summed E-state index contributed by atoms with van der Waals surface area (Å²) in [4.78, 5) is 38.0. The fourth-order valence-corrected chi connectivity index (χ4v) is 6.50. The third-order valence-electron chi connectivity index (χ3n) is 7.06. The summed E-state index contributed by atoms with van der Waals surface area (Å²) in [5.41, 5.74) is -1.51. The van der Waals surface area contributed by atoms with Crippen LogP contribution < -0.4 is 14.9 Å². The Bertz CT molecular complexity index is 1260. The van der Waals surface area contributed by atoms with Crippen LogP contribution in [0.4, 0.5) is 4.39 Å².